The van der Waals surface area contributed by atoms with Crippen LogP contribution in [0.25, 0.3) is 0 Å². The second-order valence-electron chi connectivity index (χ2n) is 11.3. The molecule has 0 aromatic heterocycles. The van der Waals surface area contributed by atoms with Crippen LogP contribution in [0.15, 0.2) is 72.8 Å². The standard InChI is InChI=1S/C32H34ClFN2O3/c1-32(2,21-9-13-23(34)14-10-21)19-35-30(38)28-26-5-3-4-6-27(26)31(39)36(24-15-17-25(37)18-16-24)29(28)20-7-11-22(33)12-8-20/h3-14,24-25,28-29,37H,15-19H2,1-2H3,(H,35,38)/t24?,25?,28-,29+/m1/s1. The Morgan fingerprint density at radius 2 is 1.64 bits per heavy atom. The predicted octanol–water partition coefficient (Wildman–Crippen LogP) is 6.16. The summed E-state index contributed by atoms with van der Waals surface area (Å²) >= 11 is 6.22. The van der Waals surface area contributed by atoms with Crippen LogP contribution in [0.2, 0.25) is 5.02 Å². The predicted molar refractivity (Wildman–Crippen MR) is 150 cm³/mol. The fourth-order valence-electron chi connectivity index (χ4n) is 6.01. The minimum atomic E-state index is -0.643. The number of carbonyl (C=O) groups excluding carboxylic acids is 2. The van der Waals surface area contributed by atoms with E-state index in [-0.39, 0.29) is 29.8 Å². The molecule has 2 atom stereocenters. The summed E-state index contributed by atoms with van der Waals surface area (Å²) in [5.74, 6) is -1.22. The van der Waals surface area contributed by atoms with Crippen LogP contribution in [0.1, 0.15) is 78.5 Å². The lowest BCUT2D eigenvalue weighted by Crippen LogP contribution is -2.53. The summed E-state index contributed by atoms with van der Waals surface area (Å²) in [7, 11) is 0. The summed E-state index contributed by atoms with van der Waals surface area (Å²) in [5.41, 5.74) is 2.55. The molecule has 5 rings (SSSR count). The van der Waals surface area contributed by atoms with Crippen molar-refractivity contribution in [1.29, 1.82) is 0 Å². The van der Waals surface area contributed by atoms with Crippen molar-refractivity contribution in [1.82, 2.24) is 10.2 Å². The molecule has 204 valence electrons. The zero-order valence-corrected chi connectivity index (χ0v) is 23.0. The van der Waals surface area contributed by atoms with Crippen molar-refractivity contribution in [3.63, 3.8) is 0 Å². The van der Waals surface area contributed by atoms with Crippen LogP contribution >= 0.6 is 11.6 Å². The molecule has 0 radical (unpaired) electrons. The summed E-state index contributed by atoms with van der Waals surface area (Å²) < 4.78 is 13.5. The molecule has 2 amide bonds. The summed E-state index contributed by atoms with van der Waals surface area (Å²) in [6.07, 6.45) is 2.21. The number of hydrogen-bond donors (Lipinski definition) is 2. The molecular weight excluding hydrogens is 515 g/mol. The van der Waals surface area contributed by atoms with Gasteiger partial charge in [-0.2, -0.15) is 0 Å². The van der Waals surface area contributed by atoms with E-state index in [0.717, 1.165) is 11.1 Å². The molecule has 0 spiro atoms. The van der Waals surface area contributed by atoms with Gasteiger partial charge in [-0.3, -0.25) is 9.59 Å². The molecule has 2 N–H and O–H groups in total. The van der Waals surface area contributed by atoms with E-state index in [4.69, 9.17) is 11.6 Å². The highest BCUT2D eigenvalue weighted by molar-refractivity contribution is 6.30. The van der Waals surface area contributed by atoms with E-state index in [9.17, 15) is 19.1 Å². The molecule has 2 aliphatic rings. The number of aliphatic hydroxyl groups is 1. The number of carbonyl (C=O) groups is 2. The van der Waals surface area contributed by atoms with Crippen molar-refractivity contribution in [3.05, 3.63) is 106 Å². The van der Waals surface area contributed by atoms with Gasteiger partial charge in [0.1, 0.15) is 5.82 Å². The maximum absolute atomic E-state index is 14.2. The Balaban J connectivity index is 1.53. The van der Waals surface area contributed by atoms with Gasteiger partial charge in [0.2, 0.25) is 5.91 Å². The third-order valence-corrected chi connectivity index (χ3v) is 8.51. The van der Waals surface area contributed by atoms with Gasteiger partial charge in [0.05, 0.1) is 18.1 Å². The van der Waals surface area contributed by atoms with Gasteiger partial charge in [-0.15, -0.1) is 0 Å². The van der Waals surface area contributed by atoms with Crippen LogP contribution < -0.4 is 5.32 Å². The van der Waals surface area contributed by atoms with Crippen LogP contribution in [0, 0.1) is 5.82 Å². The van der Waals surface area contributed by atoms with E-state index >= 15 is 0 Å². The zero-order valence-electron chi connectivity index (χ0n) is 22.2. The maximum atomic E-state index is 14.2. The average molecular weight is 549 g/mol. The quantitative estimate of drug-likeness (QED) is 0.388. The van der Waals surface area contributed by atoms with Crippen LogP contribution in [0.5, 0.6) is 0 Å². The lowest BCUT2D eigenvalue weighted by Gasteiger charge is -2.47. The zero-order chi connectivity index (χ0) is 27.7. The summed E-state index contributed by atoms with van der Waals surface area (Å²) in [4.78, 5) is 30.1. The molecule has 1 aliphatic carbocycles. The number of benzene rings is 3. The van der Waals surface area contributed by atoms with Gasteiger partial charge < -0.3 is 15.3 Å². The number of fused-ring (bicyclic) bond motifs is 1. The largest absolute Gasteiger partial charge is 0.393 e. The molecule has 39 heavy (non-hydrogen) atoms. The number of amides is 2. The number of rotatable bonds is 6. The van der Waals surface area contributed by atoms with Crippen LogP contribution in [-0.4, -0.2) is 40.5 Å². The lowest BCUT2D eigenvalue weighted by molar-refractivity contribution is -0.124. The maximum Gasteiger partial charge on any atom is 0.254 e. The highest BCUT2D eigenvalue weighted by Crippen LogP contribution is 2.46. The second-order valence-corrected chi connectivity index (χ2v) is 11.8. The molecule has 0 saturated heterocycles. The Labute approximate surface area is 234 Å². The van der Waals surface area contributed by atoms with E-state index in [1.54, 1.807) is 30.3 Å². The van der Waals surface area contributed by atoms with Gasteiger partial charge in [-0.1, -0.05) is 67.9 Å². The second kappa shape index (κ2) is 11.1. The van der Waals surface area contributed by atoms with E-state index in [2.05, 4.69) is 5.32 Å². The fraction of sp³-hybridized carbons (Fsp3) is 0.375. The van der Waals surface area contributed by atoms with Gasteiger partial charge in [0.15, 0.2) is 0 Å². The Morgan fingerprint density at radius 3 is 2.31 bits per heavy atom. The van der Waals surface area contributed by atoms with Crippen LogP contribution in [0.3, 0.4) is 0 Å². The fourth-order valence-corrected chi connectivity index (χ4v) is 6.13. The van der Waals surface area contributed by atoms with Gasteiger partial charge in [-0.25, -0.2) is 4.39 Å². The normalized spacial score (nSPS) is 23.3. The Bertz CT molecular complexity index is 1330. The van der Waals surface area contributed by atoms with Crippen molar-refractivity contribution in [2.45, 2.75) is 69.1 Å². The summed E-state index contributed by atoms with van der Waals surface area (Å²) in [5, 5.41) is 13.9. The molecule has 0 unspecified atom stereocenters. The smallest absolute Gasteiger partial charge is 0.254 e. The monoisotopic (exact) mass is 548 g/mol. The molecule has 3 aromatic carbocycles. The first-order valence-corrected chi connectivity index (χ1v) is 13.9. The number of nitrogens with zero attached hydrogens (tertiary/aromatic N) is 1. The SMILES string of the molecule is CC(C)(CNC(=O)[C@@H]1c2ccccc2C(=O)N(C2CCC(O)CC2)[C@H]1c1ccc(Cl)cc1)c1ccc(F)cc1. The topological polar surface area (TPSA) is 69.6 Å². The molecule has 3 aromatic rings. The number of hydrogen-bond acceptors (Lipinski definition) is 3. The van der Waals surface area contributed by atoms with Crippen molar-refractivity contribution >= 4 is 23.4 Å². The third kappa shape index (κ3) is 5.59. The Kier molecular flexibility index (Phi) is 7.79. The van der Waals surface area contributed by atoms with Gasteiger partial charge >= 0.3 is 0 Å². The lowest BCUT2D eigenvalue weighted by atomic mass is 9.76. The Morgan fingerprint density at radius 1 is 1.00 bits per heavy atom. The third-order valence-electron chi connectivity index (χ3n) is 8.26. The molecule has 1 heterocycles. The van der Waals surface area contributed by atoms with Gasteiger partial charge in [0.25, 0.3) is 5.91 Å². The van der Waals surface area contributed by atoms with E-state index in [0.29, 0.717) is 48.4 Å². The minimum Gasteiger partial charge on any atom is -0.393 e. The molecular formula is C32H34ClFN2O3. The van der Waals surface area contributed by atoms with Gasteiger partial charge in [0, 0.05) is 28.6 Å². The van der Waals surface area contributed by atoms with E-state index in [1.807, 2.05) is 49.1 Å². The summed E-state index contributed by atoms with van der Waals surface area (Å²) in [6, 6.07) is 20.4. The van der Waals surface area contributed by atoms with Crippen molar-refractivity contribution < 1.29 is 19.1 Å². The molecule has 1 saturated carbocycles. The highest BCUT2D eigenvalue weighted by Gasteiger charge is 2.47. The first kappa shape index (κ1) is 27.4. The highest BCUT2D eigenvalue weighted by atomic mass is 35.5. The average Bonchev–Trinajstić information content (AvgIpc) is 2.93. The Hall–Kier alpha value is -3.22. The van der Waals surface area contributed by atoms with E-state index < -0.39 is 17.4 Å². The number of aliphatic hydroxyl groups excluding tert-OH is 1. The first-order chi connectivity index (χ1) is 18.7. The minimum absolute atomic E-state index is 0.0948. The molecule has 7 heteroatoms. The molecule has 1 aliphatic heterocycles. The summed E-state index contributed by atoms with van der Waals surface area (Å²) in [6.45, 7) is 4.36. The van der Waals surface area contributed by atoms with Gasteiger partial charge in [-0.05, 0) is 72.7 Å². The van der Waals surface area contributed by atoms with Crippen LogP contribution in [-0.2, 0) is 10.2 Å². The van der Waals surface area contributed by atoms with Crippen LogP contribution in [0.4, 0.5) is 4.39 Å². The molecule has 5 nitrogen and oxygen atoms in total. The van der Waals surface area contributed by atoms with Crippen molar-refractivity contribution in [3.8, 4) is 0 Å². The molecule has 1 fully saturated rings. The van der Waals surface area contributed by atoms with Crippen molar-refractivity contribution in [2.24, 2.45) is 0 Å². The number of nitrogens with one attached hydrogen (secondary N) is 1. The first-order valence-electron chi connectivity index (χ1n) is 13.5. The van der Waals surface area contributed by atoms with Crippen molar-refractivity contribution in [2.75, 3.05) is 6.54 Å². The molecule has 0 bridgehead atoms. The van der Waals surface area contributed by atoms with E-state index in [1.165, 1.54) is 12.1 Å². The number of halogens is 2.